The fourth-order valence-electron chi connectivity index (χ4n) is 5.64. The molecule has 0 spiro atoms. The summed E-state index contributed by atoms with van der Waals surface area (Å²) in [6.07, 6.45) is 12.5. The van der Waals surface area contributed by atoms with E-state index in [9.17, 15) is 4.79 Å². The number of fused-ring (bicyclic) bond motifs is 2. The molecule has 0 heterocycles. The van der Waals surface area contributed by atoms with Gasteiger partial charge in [0.05, 0.1) is 13.2 Å². The lowest BCUT2D eigenvalue weighted by Crippen LogP contribution is -2.06. The van der Waals surface area contributed by atoms with Gasteiger partial charge in [-0.3, -0.25) is 0 Å². The van der Waals surface area contributed by atoms with E-state index in [1.807, 2.05) is 66.7 Å². The number of carbonyl (C=O) groups is 1. The molecule has 0 fully saturated rings. The van der Waals surface area contributed by atoms with E-state index in [-0.39, 0.29) is 0 Å². The van der Waals surface area contributed by atoms with Crippen molar-refractivity contribution in [2.75, 3.05) is 13.2 Å². The second kappa shape index (κ2) is 16.5. The van der Waals surface area contributed by atoms with Crippen LogP contribution in [0, 0.1) is 0 Å². The summed E-state index contributed by atoms with van der Waals surface area (Å²) < 4.78 is 18.4. The highest BCUT2D eigenvalue weighted by molar-refractivity contribution is 6.10. The van der Waals surface area contributed by atoms with Crippen molar-refractivity contribution in [3.05, 3.63) is 109 Å². The molecule has 0 radical (unpaired) electrons. The second-order valence-electron chi connectivity index (χ2n) is 11.5. The van der Waals surface area contributed by atoms with Crippen LogP contribution in [-0.4, -0.2) is 19.2 Å². The Labute approximate surface area is 267 Å². The Morgan fingerprint density at radius 1 is 0.578 bits per heavy atom. The standard InChI is InChI=1S/C41H44O4/c1-3-5-7-13-29-43-34-24-19-31(20-25-34)21-28-39(42)45-38-27-23-33-16-10-12-18-36(33)41(38)40-35-17-11-9-15-32(35)22-26-37(40)44-30-14-8-6-4-2/h9-12,15-28H,3-8,13-14,29-30H2,1-2H3/b28-21+. The molecule has 0 bridgehead atoms. The maximum absolute atomic E-state index is 13.3. The van der Waals surface area contributed by atoms with Gasteiger partial charge in [-0.1, -0.05) is 125 Å². The maximum Gasteiger partial charge on any atom is 0.336 e. The summed E-state index contributed by atoms with van der Waals surface area (Å²) in [6.45, 7) is 5.77. The molecule has 4 nitrogen and oxygen atoms in total. The molecule has 0 amide bonds. The van der Waals surface area contributed by atoms with Gasteiger partial charge in [0, 0.05) is 17.2 Å². The molecule has 0 N–H and O–H groups in total. The summed E-state index contributed by atoms with van der Waals surface area (Å²) in [6, 6.07) is 32.3. The number of esters is 1. The summed E-state index contributed by atoms with van der Waals surface area (Å²) in [4.78, 5) is 13.3. The van der Waals surface area contributed by atoms with Gasteiger partial charge in [0.2, 0.25) is 0 Å². The predicted octanol–water partition coefficient (Wildman–Crippen LogP) is 11.2. The van der Waals surface area contributed by atoms with Crippen LogP contribution in [0.15, 0.2) is 103 Å². The zero-order chi connectivity index (χ0) is 31.3. The summed E-state index contributed by atoms with van der Waals surface area (Å²) in [5.74, 6) is 1.69. The topological polar surface area (TPSA) is 44.8 Å². The molecule has 5 rings (SSSR count). The van der Waals surface area contributed by atoms with Crippen molar-refractivity contribution in [1.29, 1.82) is 0 Å². The first-order valence-corrected chi connectivity index (χ1v) is 16.5. The summed E-state index contributed by atoms with van der Waals surface area (Å²) in [5, 5.41) is 4.23. The van der Waals surface area contributed by atoms with Crippen LogP contribution in [0.2, 0.25) is 0 Å². The van der Waals surface area contributed by atoms with Gasteiger partial charge in [-0.05, 0) is 70.3 Å². The van der Waals surface area contributed by atoms with E-state index < -0.39 is 5.97 Å². The van der Waals surface area contributed by atoms with Gasteiger partial charge >= 0.3 is 5.97 Å². The number of hydrogen-bond donors (Lipinski definition) is 0. The van der Waals surface area contributed by atoms with Gasteiger partial charge in [0.15, 0.2) is 0 Å². The molecular formula is C41H44O4. The van der Waals surface area contributed by atoms with E-state index in [4.69, 9.17) is 14.2 Å². The van der Waals surface area contributed by atoms with Gasteiger partial charge in [-0.25, -0.2) is 4.79 Å². The highest BCUT2D eigenvalue weighted by atomic mass is 16.5. The van der Waals surface area contributed by atoms with E-state index >= 15 is 0 Å². The van der Waals surface area contributed by atoms with Crippen molar-refractivity contribution in [2.45, 2.75) is 65.2 Å². The molecule has 5 aromatic carbocycles. The van der Waals surface area contributed by atoms with E-state index in [0.717, 1.165) is 75.6 Å². The van der Waals surface area contributed by atoms with Crippen molar-refractivity contribution in [3.63, 3.8) is 0 Å². The molecule has 0 aliphatic rings. The van der Waals surface area contributed by atoms with E-state index in [0.29, 0.717) is 12.4 Å². The Morgan fingerprint density at radius 2 is 1.13 bits per heavy atom. The van der Waals surface area contributed by atoms with Gasteiger partial charge in [-0.15, -0.1) is 0 Å². The van der Waals surface area contributed by atoms with Crippen LogP contribution in [0.5, 0.6) is 17.2 Å². The van der Waals surface area contributed by atoms with Crippen LogP contribution in [0.25, 0.3) is 38.7 Å². The molecular weight excluding hydrogens is 556 g/mol. The van der Waals surface area contributed by atoms with Crippen molar-refractivity contribution in [1.82, 2.24) is 0 Å². The number of hydrogen-bond acceptors (Lipinski definition) is 4. The van der Waals surface area contributed by atoms with E-state index in [1.54, 1.807) is 6.08 Å². The summed E-state index contributed by atoms with van der Waals surface area (Å²) in [5.41, 5.74) is 2.70. The van der Waals surface area contributed by atoms with E-state index in [2.05, 4.69) is 44.2 Å². The predicted molar refractivity (Wildman–Crippen MR) is 187 cm³/mol. The Balaban J connectivity index is 1.42. The van der Waals surface area contributed by atoms with Crippen LogP contribution < -0.4 is 14.2 Å². The fraction of sp³-hybridized carbons (Fsp3) is 0.293. The van der Waals surface area contributed by atoms with Crippen LogP contribution in [0.3, 0.4) is 0 Å². The minimum absolute atomic E-state index is 0.440. The van der Waals surface area contributed by atoms with Gasteiger partial charge < -0.3 is 14.2 Å². The Kier molecular flexibility index (Phi) is 11.7. The minimum Gasteiger partial charge on any atom is -0.494 e. The summed E-state index contributed by atoms with van der Waals surface area (Å²) >= 11 is 0. The first-order valence-electron chi connectivity index (χ1n) is 16.5. The van der Waals surface area contributed by atoms with Crippen LogP contribution in [0.4, 0.5) is 0 Å². The molecule has 0 saturated heterocycles. The van der Waals surface area contributed by atoms with Crippen molar-refractivity contribution < 1.29 is 19.0 Å². The van der Waals surface area contributed by atoms with Gasteiger partial charge in [-0.2, -0.15) is 0 Å². The molecule has 232 valence electrons. The highest BCUT2D eigenvalue weighted by Gasteiger charge is 2.20. The van der Waals surface area contributed by atoms with Gasteiger partial charge in [0.1, 0.15) is 17.2 Å². The van der Waals surface area contributed by atoms with Gasteiger partial charge in [0.25, 0.3) is 0 Å². The number of ether oxygens (including phenoxy) is 3. The fourth-order valence-corrected chi connectivity index (χ4v) is 5.64. The molecule has 0 aliphatic carbocycles. The van der Waals surface area contributed by atoms with Crippen molar-refractivity contribution >= 4 is 33.6 Å². The van der Waals surface area contributed by atoms with Crippen LogP contribution >= 0.6 is 0 Å². The number of rotatable bonds is 16. The lowest BCUT2D eigenvalue weighted by molar-refractivity contribution is -0.128. The molecule has 0 aliphatic heterocycles. The lowest BCUT2D eigenvalue weighted by atomic mass is 9.92. The largest absolute Gasteiger partial charge is 0.494 e. The zero-order valence-corrected chi connectivity index (χ0v) is 26.6. The highest BCUT2D eigenvalue weighted by Crippen LogP contribution is 2.45. The maximum atomic E-state index is 13.3. The Morgan fingerprint density at radius 3 is 1.76 bits per heavy atom. The molecule has 4 heteroatoms. The molecule has 0 aromatic heterocycles. The molecule has 0 saturated carbocycles. The third-order valence-electron chi connectivity index (χ3n) is 8.06. The van der Waals surface area contributed by atoms with Crippen LogP contribution in [0.1, 0.15) is 70.8 Å². The number of carbonyl (C=O) groups excluding carboxylic acids is 1. The summed E-state index contributed by atoms with van der Waals surface area (Å²) in [7, 11) is 0. The second-order valence-corrected chi connectivity index (χ2v) is 11.5. The molecule has 0 atom stereocenters. The minimum atomic E-state index is -0.440. The molecule has 45 heavy (non-hydrogen) atoms. The van der Waals surface area contributed by atoms with E-state index in [1.165, 1.54) is 38.2 Å². The number of benzene rings is 5. The smallest absolute Gasteiger partial charge is 0.336 e. The average Bonchev–Trinajstić information content (AvgIpc) is 3.07. The first kappa shape index (κ1) is 31.8. The zero-order valence-electron chi connectivity index (χ0n) is 26.6. The Hall–Kier alpha value is -4.57. The SMILES string of the molecule is CCCCCCOc1ccc(/C=C/C(=O)Oc2ccc3ccccc3c2-c2c(OCCCCCC)ccc3ccccc23)cc1. The average molecular weight is 601 g/mol. The quantitative estimate of drug-likeness (QED) is 0.0489. The van der Waals surface area contributed by atoms with Crippen molar-refractivity contribution in [3.8, 4) is 28.4 Å². The lowest BCUT2D eigenvalue weighted by Gasteiger charge is -2.19. The third kappa shape index (κ3) is 8.54. The molecule has 0 unspecified atom stereocenters. The normalized spacial score (nSPS) is 11.3. The van der Waals surface area contributed by atoms with Crippen LogP contribution in [-0.2, 0) is 4.79 Å². The van der Waals surface area contributed by atoms with Crippen molar-refractivity contribution in [2.24, 2.45) is 0 Å². The monoisotopic (exact) mass is 600 g/mol. The first-order chi connectivity index (χ1) is 22.2. The third-order valence-corrected chi connectivity index (χ3v) is 8.06. The molecule has 5 aromatic rings. The Bertz CT molecular complexity index is 1720. The number of unbranched alkanes of at least 4 members (excludes halogenated alkanes) is 6.